The molecule has 0 unspecified atom stereocenters. The maximum Gasteiger partial charge on any atom is 0.251 e. The number of hydrogen-bond acceptors (Lipinski definition) is 5. The van der Waals surface area contributed by atoms with Crippen molar-refractivity contribution in [2.75, 3.05) is 32.2 Å². The van der Waals surface area contributed by atoms with Gasteiger partial charge in [0.25, 0.3) is 5.91 Å². The number of anilines is 1. The average Bonchev–Trinajstić information content (AvgIpc) is 3.39. The number of amidine groups is 1. The van der Waals surface area contributed by atoms with Crippen molar-refractivity contribution in [3.63, 3.8) is 0 Å². The molecule has 3 N–H and O–H groups in total. The highest BCUT2D eigenvalue weighted by Crippen LogP contribution is 2.27. The molecule has 0 spiro atoms. The van der Waals surface area contributed by atoms with Gasteiger partial charge in [-0.1, -0.05) is 24.3 Å². The molecule has 0 radical (unpaired) electrons. The van der Waals surface area contributed by atoms with Crippen LogP contribution in [0.2, 0.25) is 0 Å². The number of carbonyl (C=O) groups is 1. The number of alkyl halides is 1. The van der Waals surface area contributed by atoms with Gasteiger partial charge < -0.3 is 20.0 Å². The average molecular weight is 542 g/mol. The SMILES string of the molecule is CN(C)c1ccc2cc(C(=O)N[C@@H](CCCNC(=N)CF)c3ncc(-c4cccc(F)c4)o3)ccc2c1.Cl. The minimum atomic E-state index is -0.866. The van der Waals surface area contributed by atoms with E-state index in [1.54, 1.807) is 18.2 Å². The van der Waals surface area contributed by atoms with Crippen LogP contribution in [-0.4, -0.2) is 44.0 Å². The van der Waals surface area contributed by atoms with Crippen LogP contribution < -0.4 is 15.5 Å². The second kappa shape index (κ2) is 13.0. The third kappa shape index (κ3) is 7.07. The van der Waals surface area contributed by atoms with Gasteiger partial charge in [-0.25, -0.2) is 13.8 Å². The van der Waals surface area contributed by atoms with E-state index in [0.29, 0.717) is 36.3 Å². The number of oxazole rings is 1. The van der Waals surface area contributed by atoms with Crippen LogP contribution >= 0.6 is 12.4 Å². The van der Waals surface area contributed by atoms with Gasteiger partial charge in [0, 0.05) is 37.5 Å². The highest BCUT2D eigenvalue weighted by atomic mass is 35.5. The zero-order chi connectivity index (χ0) is 26.4. The van der Waals surface area contributed by atoms with Gasteiger partial charge in [-0.2, -0.15) is 0 Å². The molecule has 4 rings (SSSR count). The molecule has 1 aromatic heterocycles. The lowest BCUT2D eigenvalue weighted by atomic mass is 10.0. The summed E-state index contributed by atoms with van der Waals surface area (Å²) in [6.45, 7) is -0.508. The summed E-state index contributed by atoms with van der Waals surface area (Å²) in [5.41, 5.74) is 2.09. The second-order valence-electron chi connectivity index (χ2n) is 8.92. The summed E-state index contributed by atoms with van der Waals surface area (Å²) < 4.78 is 32.2. The van der Waals surface area contributed by atoms with Crippen molar-refractivity contribution in [2.45, 2.75) is 18.9 Å². The Bertz CT molecular complexity index is 1410. The topological polar surface area (TPSA) is 94.2 Å². The lowest BCUT2D eigenvalue weighted by Gasteiger charge is -2.17. The molecule has 4 aromatic rings. The standard InChI is InChI=1S/C28H29F2N5O2.ClH/c1-35(2)23-11-10-18-13-21(9-8-19(18)15-23)27(36)34-24(7-4-12-32-26(31)16-29)28-33-17-25(37-28)20-5-3-6-22(30)14-20;/h3,5-6,8-11,13-15,17,24H,4,7,12,16H2,1-2H3,(H2,31,32)(H,34,36);1H/t24-;/m0./s1. The van der Waals surface area contributed by atoms with Gasteiger partial charge in [-0.15, -0.1) is 12.4 Å². The number of carbonyl (C=O) groups excluding carboxylic acids is 1. The summed E-state index contributed by atoms with van der Waals surface area (Å²) in [4.78, 5) is 19.6. The van der Waals surface area contributed by atoms with Crippen molar-refractivity contribution in [1.82, 2.24) is 15.6 Å². The molecule has 1 atom stereocenters. The predicted molar refractivity (Wildman–Crippen MR) is 149 cm³/mol. The normalized spacial score (nSPS) is 11.5. The highest BCUT2D eigenvalue weighted by molar-refractivity contribution is 5.99. The largest absolute Gasteiger partial charge is 0.438 e. The summed E-state index contributed by atoms with van der Waals surface area (Å²) >= 11 is 0. The van der Waals surface area contributed by atoms with Crippen LogP contribution in [0.3, 0.4) is 0 Å². The van der Waals surface area contributed by atoms with E-state index in [-0.39, 0.29) is 30.0 Å². The van der Waals surface area contributed by atoms with Crippen molar-refractivity contribution >= 4 is 40.6 Å². The van der Waals surface area contributed by atoms with Crippen molar-refractivity contribution in [2.24, 2.45) is 0 Å². The fourth-order valence-electron chi connectivity index (χ4n) is 3.97. The molecular weight excluding hydrogens is 512 g/mol. The van der Waals surface area contributed by atoms with E-state index in [9.17, 15) is 13.6 Å². The highest BCUT2D eigenvalue weighted by Gasteiger charge is 2.21. The molecule has 0 aliphatic carbocycles. The molecule has 200 valence electrons. The molecule has 0 fully saturated rings. The zero-order valence-corrected chi connectivity index (χ0v) is 21.9. The molecular formula is C28H30ClF2N5O2. The molecule has 3 aromatic carbocycles. The number of halogens is 3. The minimum Gasteiger partial charge on any atom is -0.438 e. The molecule has 38 heavy (non-hydrogen) atoms. The van der Waals surface area contributed by atoms with Crippen molar-refractivity contribution in [3.8, 4) is 11.3 Å². The molecule has 7 nitrogen and oxygen atoms in total. The van der Waals surface area contributed by atoms with Gasteiger partial charge in [-0.3, -0.25) is 10.2 Å². The maximum absolute atomic E-state index is 13.7. The summed E-state index contributed by atoms with van der Waals surface area (Å²) in [6, 6.07) is 16.9. The van der Waals surface area contributed by atoms with Gasteiger partial charge >= 0.3 is 0 Å². The van der Waals surface area contributed by atoms with E-state index in [1.807, 2.05) is 43.3 Å². The molecule has 1 heterocycles. The van der Waals surface area contributed by atoms with Crippen LogP contribution in [-0.2, 0) is 0 Å². The Balaban J connectivity index is 0.00000400. The number of hydrogen-bond donors (Lipinski definition) is 3. The Morgan fingerprint density at radius 1 is 1.11 bits per heavy atom. The number of fused-ring (bicyclic) bond motifs is 1. The second-order valence-corrected chi connectivity index (χ2v) is 8.92. The maximum atomic E-state index is 13.7. The first-order chi connectivity index (χ1) is 17.8. The van der Waals surface area contributed by atoms with Crippen LogP contribution in [0.1, 0.15) is 35.1 Å². The Hall–Kier alpha value is -3.98. The predicted octanol–water partition coefficient (Wildman–Crippen LogP) is 5.91. The number of rotatable bonds is 10. The molecule has 0 saturated carbocycles. The van der Waals surface area contributed by atoms with E-state index in [2.05, 4.69) is 21.7 Å². The lowest BCUT2D eigenvalue weighted by molar-refractivity contribution is 0.0927. The van der Waals surface area contributed by atoms with Crippen LogP contribution in [0.15, 0.2) is 71.3 Å². The Labute approximate surface area is 226 Å². The van der Waals surface area contributed by atoms with Crippen LogP contribution in [0.5, 0.6) is 0 Å². The fraction of sp³-hybridized carbons (Fsp3) is 0.250. The number of amides is 1. The van der Waals surface area contributed by atoms with Crippen molar-refractivity contribution in [3.05, 3.63) is 84.1 Å². The number of aromatic nitrogens is 1. The molecule has 1 amide bonds. The third-order valence-electron chi connectivity index (χ3n) is 5.98. The van der Waals surface area contributed by atoms with Gasteiger partial charge in [0.1, 0.15) is 24.4 Å². The first-order valence-electron chi connectivity index (χ1n) is 11.9. The van der Waals surface area contributed by atoms with Crippen LogP contribution in [0, 0.1) is 11.2 Å². The Kier molecular flexibility index (Phi) is 9.78. The first-order valence-corrected chi connectivity index (χ1v) is 11.9. The molecule has 10 heteroatoms. The zero-order valence-electron chi connectivity index (χ0n) is 21.1. The quantitative estimate of drug-likeness (QED) is 0.132. The molecule has 0 aliphatic rings. The smallest absolute Gasteiger partial charge is 0.251 e. The molecule has 0 bridgehead atoms. The van der Waals surface area contributed by atoms with Gasteiger partial charge in [0.2, 0.25) is 5.89 Å². The third-order valence-corrected chi connectivity index (χ3v) is 5.98. The monoisotopic (exact) mass is 541 g/mol. The summed E-state index contributed by atoms with van der Waals surface area (Å²) in [5, 5.41) is 15.1. The fourth-order valence-corrected chi connectivity index (χ4v) is 3.97. The molecule has 0 saturated heterocycles. The van der Waals surface area contributed by atoms with Gasteiger partial charge in [0.15, 0.2) is 5.76 Å². The van der Waals surface area contributed by atoms with Crippen molar-refractivity contribution < 1.29 is 18.0 Å². The summed E-state index contributed by atoms with van der Waals surface area (Å²) in [5.74, 6) is -0.217. The molecule has 0 aliphatic heterocycles. The van der Waals surface area contributed by atoms with E-state index in [4.69, 9.17) is 9.83 Å². The number of nitrogens with one attached hydrogen (secondary N) is 3. The van der Waals surface area contributed by atoms with Gasteiger partial charge in [-0.05, 0) is 60.0 Å². The lowest BCUT2D eigenvalue weighted by Crippen LogP contribution is -2.30. The van der Waals surface area contributed by atoms with Crippen LogP contribution in [0.25, 0.3) is 22.1 Å². The van der Waals surface area contributed by atoms with E-state index >= 15 is 0 Å². The van der Waals surface area contributed by atoms with Gasteiger partial charge in [0.05, 0.1) is 6.20 Å². The van der Waals surface area contributed by atoms with E-state index < -0.39 is 18.5 Å². The van der Waals surface area contributed by atoms with E-state index in [0.717, 1.165) is 16.5 Å². The number of benzene rings is 3. The van der Waals surface area contributed by atoms with E-state index in [1.165, 1.54) is 18.3 Å². The summed E-state index contributed by atoms with van der Waals surface area (Å²) in [6.07, 6.45) is 2.45. The first kappa shape index (κ1) is 28.6. The number of nitrogens with zero attached hydrogens (tertiary/aromatic N) is 2. The summed E-state index contributed by atoms with van der Waals surface area (Å²) in [7, 11) is 3.95. The van der Waals surface area contributed by atoms with Crippen LogP contribution in [0.4, 0.5) is 14.5 Å². The Morgan fingerprint density at radius 2 is 1.87 bits per heavy atom. The minimum absolute atomic E-state index is 0. The van der Waals surface area contributed by atoms with Crippen molar-refractivity contribution in [1.29, 1.82) is 5.41 Å². The Morgan fingerprint density at radius 3 is 2.61 bits per heavy atom.